The Bertz CT molecular complexity index is 1020. The third kappa shape index (κ3) is 4.08. The van der Waals surface area contributed by atoms with Crippen LogP contribution in [0.3, 0.4) is 0 Å². The van der Waals surface area contributed by atoms with Crippen molar-refractivity contribution in [2.24, 2.45) is 5.73 Å². The SMILES string of the molecule is CC(C)(O)c1ccc(C(=O)Nc2cc3ccnn3c(N3CCCC(N)C3)n2)cc1. The smallest absolute Gasteiger partial charge is 0.256 e. The third-order valence-corrected chi connectivity index (χ3v) is 5.20. The fourth-order valence-corrected chi connectivity index (χ4v) is 3.60. The van der Waals surface area contributed by atoms with Crippen molar-refractivity contribution in [2.45, 2.75) is 38.3 Å². The van der Waals surface area contributed by atoms with Gasteiger partial charge in [0.1, 0.15) is 5.82 Å². The first kappa shape index (κ1) is 19.4. The number of hydrogen-bond acceptors (Lipinski definition) is 6. The Hall–Kier alpha value is -2.97. The Labute approximate surface area is 169 Å². The molecule has 1 saturated heterocycles. The first-order valence-electron chi connectivity index (χ1n) is 9.81. The largest absolute Gasteiger partial charge is 0.386 e. The lowest BCUT2D eigenvalue weighted by molar-refractivity contribution is 0.0785. The molecule has 1 unspecified atom stereocenters. The van der Waals surface area contributed by atoms with E-state index in [1.807, 2.05) is 6.07 Å². The van der Waals surface area contributed by atoms with Gasteiger partial charge in [0.2, 0.25) is 5.95 Å². The molecule has 0 radical (unpaired) electrons. The van der Waals surface area contributed by atoms with Gasteiger partial charge in [0, 0.05) is 30.8 Å². The predicted octanol–water partition coefficient (Wildman–Crippen LogP) is 2.14. The molecule has 1 aliphatic rings. The van der Waals surface area contributed by atoms with Crippen LogP contribution in [0.4, 0.5) is 11.8 Å². The molecule has 1 fully saturated rings. The van der Waals surface area contributed by atoms with Crippen LogP contribution < -0.4 is 16.0 Å². The lowest BCUT2D eigenvalue weighted by atomic mass is 9.97. The molecule has 4 rings (SSSR count). The van der Waals surface area contributed by atoms with E-state index in [1.54, 1.807) is 54.9 Å². The molecule has 3 aromatic rings. The average molecular weight is 394 g/mol. The van der Waals surface area contributed by atoms with Crippen molar-refractivity contribution in [3.63, 3.8) is 0 Å². The molecule has 152 valence electrons. The van der Waals surface area contributed by atoms with Crippen molar-refractivity contribution < 1.29 is 9.90 Å². The Morgan fingerprint density at radius 3 is 2.72 bits per heavy atom. The van der Waals surface area contributed by atoms with Crippen LogP contribution in [-0.4, -0.2) is 44.7 Å². The van der Waals surface area contributed by atoms with Crippen LogP contribution in [0.15, 0.2) is 42.6 Å². The maximum atomic E-state index is 12.7. The predicted molar refractivity (Wildman–Crippen MR) is 112 cm³/mol. The number of amides is 1. The minimum Gasteiger partial charge on any atom is -0.386 e. The lowest BCUT2D eigenvalue weighted by Gasteiger charge is -2.31. The minimum atomic E-state index is -0.951. The number of anilines is 2. The van der Waals surface area contributed by atoms with Gasteiger partial charge < -0.3 is 21.1 Å². The van der Waals surface area contributed by atoms with Crippen molar-refractivity contribution in [3.05, 3.63) is 53.7 Å². The summed E-state index contributed by atoms with van der Waals surface area (Å²) in [6, 6.07) is 10.7. The molecule has 1 atom stereocenters. The summed E-state index contributed by atoms with van der Waals surface area (Å²) in [6.07, 6.45) is 3.71. The maximum Gasteiger partial charge on any atom is 0.256 e. The summed E-state index contributed by atoms with van der Waals surface area (Å²) in [5.74, 6) is 0.879. The summed E-state index contributed by atoms with van der Waals surface area (Å²) >= 11 is 0. The van der Waals surface area contributed by atoms with Gasteiger partial charge in [-0.15, -0.1) is 0 Å². The topological polar surface area (TPSA) is 109 Å². The van der Waals surface area contributed by atoms with Crippen LogP contribution in [0, 0.1) is 0 Å². The molecule has 0 spiro atoms. The van der Waals surface area contributed by atoms with Crippen molar-refractivity contribution in [1.82, 2.24) is 14.6 Å². The summed E-state index contributed by atoms with van der Waals surface area (Å²) in [7, 11) is 0. The highest BCUT2D eigenvalue weighted by Crippen LogP contribution is 2.23. The van der Waals surface area contributed by atoms with Gasteiger partial charge in [0.25, 0.3) is 5.91 Å². The van der Waals surface area contributed by atoms with Gasteiger partial charge >= 0.3 is 0 Å². The first-order chi connectivity index (χ1) is 13.8. The van der Waals surface area contributed by atoms with E-state index in [9.17, 15) is 9.90 Å². The standard InChI is InChI=1S/C21H26N6O2/c1-21(2,29)15-7-5-14(6-8-15)19(28)24-18-12-17-9-10-23-27(17)20(25-18)26-11-3-4-16(22)13-26/h5-10,12,16,29H,3-4,11,13,22H2,1-2H3,(H,24,28). The second kappa shape index (κ2) is 7.46. The van der Waals surface area contributed by atoms with Gasteiger partial charge in [-0.05, 0) is 50.5 Å². The molecular weight excluding hydrogens is 368 g/mol. The van der Waals surface area contributed by atoms with Crippen molar-refractivity contribution in [3.8, 4) is 0 Å². The van der Waals surface area contributed by atoms with Crippen LogP contribution in [0.5, 0.6) is 0 Å². The minimum absolute atomic E-state index is 0.101. The van der Waals surface area contributed by atoms with Gasteiger partial charge in [-0.25, -0.2) is 4.52 Å². The number of carbonyl (C=O) groups excluding carboxylic acids is 1. The number of aromatic nitrogens is 3. The zero-order valence-electron chi connectivity index (χ0n) is 16.7. The van der Waals surface area contributed by atoms with E-state index in [-0.39, 0.29) is 11.9 Å². The summed E-state index contributed by atoms with van der Waals surface area (Å²) < 4.78 is 1.77. The van der Waals surface area contributed by atoms with Crippen LogP contribution in [0.1, 0.15) is 42.6 Å². The third-order valence-electron chi connectivity index (χ3n) is 5.20. The number of piperidine rings is 1. The number of nitrogens with two attached hydrogens (primary N) is 1. The van der Waals surface area contributed by atoms with E-state index in [0.29, 0.717) is 23.9 Å². The Kier molecular flexibility index (Phi) is 4.97. The van der Waals surface area contributed by atoms with Crippen molar-refractivity contribution >= 4 is 23.2 Å². The van der Waals surface area contributed by atoms with E-state index in [2.05, 4.69) is 20.3 Å². The summed E-state index contributed by atoms with van der Waals surface area (Å²) in [6.45, 7) is 4.98. The molecule has 1 aromatic carbocycles. The van der Waals surface area contributed by atoms with Gasteiger partial charge in [-0.2, -0.15) is 10.1 Å². The lowest BCUT2D eigenvalue weighted by Crippen LogP contribution is -2.44. The zero-order chi connectivity index (χ0) is 20.6. The molecule has 8 nitrogen and oxygen atoms in total. The number of hydrogen-bond donors (Lipinski definition) is 3. The molecule has 4 N–H and O–H groups in total. The Morgan fingerprint density at radius 1 is 1.28 bits per heavy atom. The Morgan fingerprint density at radius 2 is 2.03 bits per heavy atom. The van der Waals surface area contributed by atoms with Crippen LogP contribution in [0.25, 0.3) is 5.52 Å². The molecule has 3 heterocycles. The number of benzene rings is 1. The normalized spacial score (nSPS) is 17.5. The van der Waals surface area contributed by atoms with Crippen LogP contribution in [0.2, 0.25) is 0 Å². The summed E-state index contributed by atoms with van der Waals surface area (Å²) in [4.78, 5) is 19.5. The highest BCUT2D eigenvalue weighted by atomic mass is 16.3. The number of carbonyl (C=O) groups is 1. The summed E-state index contributed by atoms with van der Waals surface area (Å²) in [5.41, 5.74) is 7.27. The van der Waals surface area contributed by atoms with Gasteiger partial charge in [-0.3, -0.25) is 4.79 Å². The van der Waals surface area contributed by atoms with Crippen LogP contribution >= 0.6 is 0 Å². The van der Waals surface area contributed by atoms with E-state index in [0.717, 1.165) is 30.5 Å². The first-order valence-corrected chi connectivity index (χ1v) is 9.81. The molecule has 2 aromatic heterocycles. The fraction of sp³-hybridized carbons (Fsp3) is 0.381. The maximum absolute atomic E-state index is 12.7. The molecule has 29 heavy (non-hydrogen) atoms. The highest BCUT2D eigenvalue weighted by Gasteiger charge is 2.22. The number of aliphatic hydroxyl groups is 1. The molecule has 0 bridgehead atoms. The van der Waals surface area contributed by atoms with Crippen molar-refractivity contribution in [2.75, 3.05) is 23.3 Å². The van der Waals surface area contributed by atoms with Gasteiger partial charge in [-0.1, -0.05) is 12.1 Å². The number of rotatable bonds is 4. The molecular formula is C21H26N6O2. The second-order valence-corrected chi connectivity index (χ2v) is 8.05. The molecule has 1 aliphatic heterocycles. The number of nitrogens with zero attached hydrogens (tertiary/aromatic N) is 4. The van der Waals surface area contributed by atoms with E-state index < -0.39 is 5.60 Å². The van der Waals surface area contributed by atoms with E-state index in [4.69, 9.17) is 5.73 Å². The molecule has 1 amide bonds. The number of fused-ring (bicyclic) bond motifs is 1. The molecule has 8 heteroatoms. The van der Waals surface area contributed by atoms with Gasteiger partial charge in [0.15, 0.2) is 0 Å². The highest BCUT2D eigenvalue weighted by molar-refractivity contribution is 6.04. The quantitative estimate of drug-likeness (QED) is 0.626. The zero-order valence-corrected chi connectivity index (χ0v) is 16.7. The van der Waals surface area contributed by atoms with Crippen LogP contribution in [-0.2, 0) is 5.60 Å². The van der Waals surface area contributed by atoms with Crippen molar-refractivity contribution in [1.29, 1.82) is 0 Å². The number of nitrogens with one attached hydrogen (secondary N) is 1. The van der Waals surface area contributed by atoms with E-state index >= 15 is 0 Å². The molecule has 0 saturated carbocycles. The summed E-state index contributed by atoms with van der Waals surface area (Å²) in [5, 5.41) is 17.3. The average Bonchev–Trinajstić information content (AvgIpc) is 3.15. The Balaban J connectivity index is 1.60. The monoisotopic (exact) mass is 394 g/mol. The van der Waals surface area contributed by atoms with E-state index in [1.165, 1.54) is 0 Å². The fourth-order valence-electron chi connectivity index (χ4n) is 3.60. The second-order valence-electron chi connectivity index (χ2n) is 8.05. The molecule has 0 aliphatic carbocycles. The van der Waals surface area contributed by atoms with Gasteiger partial charge in [0.05, 0.1) is 17.3 Å².